The highest BCUT2D eigenvalue weighted by Crippen LogP contribution is 2.23. The lowest BCUT2D eigenvalue weighted by Gasteiger charge is -2.40. The van der Waals surface area contributed by atoms with E-state index in [4.69, 9.17) is 4.74 Å². The van der Waals surface area contributed by atoms with Crippen LogP contribution in [0.3, 0.4) is 0 Å². The monoisotopic (exact) mass is 500 g/mol. The van der Waals surface area contributed by atoms with Gasteiger partial charge in [-0.25, -0.2) is 4.68 Å². The minimum Gasteiger partial charge on any atom is -0.383 e. The van der Waals surface area contributed by atoms with Gasteiger partial charge in [-0.15, -0.1) is 0 Å². The van der Waals surface area contributed by atoms with Gasteiger partial charge in [0, 0.05) is 51.8 Å². The molecule has 0 aliphatic carbocycles. The third-order valence-corrected chi connectivity index (χ3v) is 9.23. The summed E-state index contributed by atoms with van der Waals surface area (Å²) in [6.07, 6.45) is 7.31. The van der Waals surface area contributed by atoms with E-state index in [-0.39, 0.29) is 5.91 Å². The Kier molecular flexibility index (Phi) is 8.68. The summed E-state index contributed by atoms with van der Waals surface area (Å²) in [5.41, 5.74) is 2.97. The molecule has 4 rings (SSSR count). The molecule has 2 saturated heterocycles. The summed E-state index contributed by atoms with van der Waals surface area (Å²) < 4.78 is 7.69. The van der Waals surface area contributed by atoms with Gasteiger partial charge in [0.05, 0.1) is 5.52 Å². The largest absolute Gasteiger partial charge is 0.383 e. The Balaban J connectivity index is 1.30. The van der Waals surface area contributed by atoms with Crippen molar-refractivity contribution in [1.29, 1.82) is 0 Å². The smallest absolute Gasteiger partial charge is 0.251 e. The number of aryl methyl sites for hydroxylation is 1. The normalized spacial score (nSPS) is 19.4. The first-order valence-corrected chi connectivity index (χ1v) is 17.2. The van der Waals surface area contributed by atoms with Gasteiger partial charge in [-0.3, -0.25) is 4.79 Å². The van der Waals surface area contributed by atoms with Crippen LogP contribution in [0, 0.1) is 6.92 Å². The number of fused-ring (bicyclic) bond motifs is 1. The Hall–Kier alpha value is -1.74. The Labute approximate surface area is 211 Å². The van der Waals surface area contributed by atoms with Crippen molar-refractivity contribution in [2.24, 2.45) is 0 Å². The number of hydrogen-bond donors (Lipinski definition) is 1. The molecule has 7 nitrogen and oxygen atoms in total. The van der Waals surface area contributed by atoms with E-state index in [1.807, 2.05) is 34.8 Å². The topological polar surface area (TPSA) is 70.8 Å². The Morgan fingerprint density at radius 1 is 1.14 bits per heavy atom. The van der Waals surface area contributed by atoms with E-state index >= 15 is 0 Å². The van der Waals surface area contributed by atoms with E-state index in [1.54, 1.807) is 0 Å². The molecule has 2 aliphatic rings. The molecule has 2 aromatic rings. The summed E-state index contributed by atoms with van der Waals surface area (Å²) in [5.74, 6) is -0.133. The predicted molar refractivity (Wildman–Crippen MR) is 143 cm³/mol. The van der Waals surface area contributed by atoms with E-state index in [0.717, 1.165) is 60.6 Å². The first-order valence-electron chi connectivity index (χ1n) is 13.4. The van der Waals surface area contributed by atoms with Crippen molar-refractivity contribution in [1.82, 2.24) is 19.6 Å². The van der Waals surface area contributed by atoms with E-state index in [0.29, 0.717) is 19.2 Å². The van der Waals surface area contributed by atoms with Crippen LogP contribution in [0.15, 0.2) is 18.3 Å². The van der Waals surface area contributed by atoms with Gasteiger partial charge in [-0.1, -0.05) is 32.1 Å². The SMILES string of the molecule is Cc1cc(CC(O)C(=O)N2CCC(N3CCCCC3)CC2)cc2cn(COCC[Si](C)(C)C)nc12. The number of aliphatic hydroxyl groups is 1. The maximum atomic E-state index is 13.0. The summed E-state index contributed by atoms with van der Waals surface area (Å²) in [5, 5.41) is 16.5. The second-order valence-corrected chi connectivity index (χ2v) is 17.4. The Bertz CT molecular complexity index is 988. The van der Waals surface area contributed by atoms with Crippen LogP contribution in [0.1, 0.15) is 43.2 Å². The maximum absolute atomic E-state index is 13.0. The Morgan fingerprint density at radius 3 is 2.54 bits per heavy atom. The molecule has 1 aromatic carbocycles. The van der Waals surface area contributed by atoms with E-state index < -0.39 is 14.2 Å². The molecule has 1 aromatic heterocycles. The molecule has 2 aliphatic heterocycles. The van der Waals surface area contributed by atoms with Crippen LogP contribution in [0.5, 0.6) is 0 Å². The molecule has 1 N–H and O–H groups in total. The molecule has 0 saturated carbocycles. The lowest BCUT2D eigenvalue weighted by molar-refractivity contribution is -0.141. The number of ether oxygens (including phenoxy) is 1. The van der Waals surface area contributed by atoms with Crippen molar-refractivity contribution in [2.75, 3.05) is 32.8 Å². The predicted octanol–water partition coefficient (Wildman–Crippen LogP) is 4.04. The molecule has 1 amide bonds. The third kappa shape index (κ3) is 7.15. The van der Waals surface area contributed by atoms with Crippen molar-refractivity contribution in [3.8, 4) is 0 Å². The van der Waals surface area contributed by atoms with Gasteiger partial charge >= 0.3 is 0 Å². The molecular formula is C27H44N4O3Si. The number of aliphatic hydroxyl groups excluding tert-OH is 1. The van der Waals surface area contributed by atoms with Crippen molar-refractivity contribution in [3.05, 3.63) is 29.5 Å². The molecule has 0 bridgehead atoms. The average Bonchev–Trinajstić information content (AvgIpc) is 3.25. The number of carbonyl (C=O) groups excluding carboxylic acids is 1. The van der Waals surface area contributed by atoms with Crippen molar-refractivity contribution in [3.63, 3.8) is 0 Å². The maximum Gasteiger partial charge on any atom is 0.251 e. The summed E-state index contributed by atoms with van der Waals surface area (Å²) >= 11 is 0. The minimum atomic E-state index is -1.10. The number of amides is 1. The summed E-state index contributed by atoms with van der Waals surface area (Å²) in [7, 11) is -1.10. The number of benzene rings is 1. The standard InChI is InChI=1S/C27H44N4O3Si/c1-21-16-22(17-23-19-31(28-26(21)23)20-34-14-15-35(2,3)4)18-25(32)27(33)30-12-8-24(9-13-30)29-10-6-5-7-11-29/h16-17,19,24-25,32H,5-15,18,20H2,1-4H3. The first kappa shape index (κ1) is 26.3. The highest BCUT2D eigenvalue weighted by atomic mass is 28.3. The molecule has 0 radical (unpaired) electrons. The zero-order valence-corrected chi connectivity index (χ0v) is 23.1. The van der Waals surface area contributed by atoms with Gasteiger partial charge < -0.3 is 19.6 Å². The van der Waals surface area contributed by atoms with Crippen LogP contribution in [0.25, 0.3) is 10.9 Å². The van der Waals surface area contributed by atoms with Crippen LogP contribution in [-0.2, 0) is 22.7 Å². The van der Waals surface area contributed by atoms with Crippen molar-refractivity contribution >= 4 is 24.9 Å². The van der Waals surface area contributed by atoms with Gasteiger partial charge in [0.15, 0.2) is 0 Å². The fourth-order valence-electron chi connectivity index (χ4n) is 5.41. The summed E-state index contributed by atoms with van der Waals surface area (Å²) in [4.78, 5) is 17.5. The van der Waals surface area contributed by atoms with Crippen LogP contribution in [0.4, 0.5) is 0 Å². The highest BCUT2D eigenvalue weighted by Gasteiger charge is 2.30. The van der Waals surface area contributed by atoms with Crippen LogP contribution < -0.4 is 0 Å². The molecule has 8 heteroatoms. The number of rotatable bonds is 9. The second-order valence-electron chi connectivity index (χ2n) is 11.7. The van der Waals surface area contributed by atoms with Gasteiger partial charge in [0.25, 0.3) is 5.91 Å². The lowest BCUT2D eigenvalue weighted by atomic mass is 9.98. The first-order chi connectivity index (χ1) is 16.7. The number of carbonyl (C=O) groups is 1. The quantitative estimate of drug-likeness (QED) is 0.416. The lowest BCUT2D eigenvalue weighted by Crippen LogP contribution is -2.50. The Morgan fingerprint density at radius 2 is 1.86 bits per heavy atom. The van der Waals surface area contributed by atoms with Gasteiger partial charge in [0.1, 0.15) is 12.8 Å². The zero-order chi connectivity index (χ0) is 25.0. The third-order valence-electron chi connectivity index (χ3n) is 7.52. The van der Waals surface area contributed by atoms with Crippen molar-refractivity contribution in [2.45, 2.75) is 90.0 Å². The molecule has 1 atom stereocenters. The van der Waals surface area contributed by atoms with Crippen molar-refractivity contribution < 1.29 is 14.6 Å². The fourth-order valence-corrected chi connectivity index (χ4v) is 6.17. The molecule has 35 heavy (non-hydrogen) atoms. The molecule has 1 unspecified atom stereocenters. The second kappa shape index (κ2) is 11.5. The molecular weight excluding hydrogens is 456 g/mol. The number of hydrogen-bond acceptors (Lipinski definition) is 5. The number of likely N-dealkylation sites (tertiary alicyclic amines) is 2. The number of nitrogens with zero attached hydrogens (tertiary/aromatic N) is 4. The molecule has 3 heterocycles. The van der Waals surface area contributed by atoms with Crippen LogP contribution >= 0.6 is 0 Å². The minimum absolute atomic E-state index is 0.133. The van der Waals surface area contributed by atoms with Gasteiger partial charge in [-0.2, -0.15) is 5.10 Å². The zero-order valence-electron chi connectivity index (χ0n) is 22.1. The fraction of sp³-hybridized carbons (Fsp3) is 0.704. The van der Waals surface area contributed by atoms with Crippen LogP contribution in [-0.4, -0.2) is 83.6 Å². The molecule has 194 valence electrons. The van der Waals surface area contributed by atoms with Gasteiger partial charge in [-0.05, 0) is 68.9 Å². The number of aromatic nitrogens is 2. The van der Waals surface area contributed by atoms with E-state index in [2.05, 4.69) is 29.6 Å². The molecule has 2 fully saturated rings. The average molecular weight is 501 g/mol. The summed E-state index contributed by atoms with van der Waals surface area (Å²) in [6, 6.07) is 5.83. The highest BCUT2D eigenvalue weighted by molar-refractivity contribution is 6.76. The molecule has 0 spiro atoms. The van der Waals surface area contributed by atoms with Gasteiger partial charge in [0.2, 0.25) is 0 Å². The number of piperidine rings is 2. The van der Waals surface area contributed by atoms with E-state index in [9.17, 15) is 9.90 Å². The van der Waals surface area contributed by atoms with Crippen LogP contribution in [0.2, 0.25) is 25.7 Å². The summed E-state index contributed by atoms with van der Waals surface area (Å²) in [6.45, 7) is 14.2. The van der Waals surface area contributed by atoms with E-state index in [1.165, 1.54) is 32.4 Å².